The minimum absolute atomic E-state index is 0.0859. The van der Waals surface area contributed by atoms with Crippen molar-refractivity contribution in [2.24, 2.45) is 0 Å². The summed E-state index contributed by atoms with van der Waals surface area (Å²) >= 11 is 0. The molecule has 1 aliphatic rings. The average molecular weight is 277 g/mol. The maximum atomic E-state index is 12.3. The fraction of sp³-hybridized carbons (Fsp3) is 0.500. The van der Waals surface area contributed by atoms with Crippen molar-refractivity contribution in [3.8, 4) is 0 Å². The maximum Gasteiger partial charge on any atom is 0.409 e. The Morgan fingerprint density at radius 3 is 2.45 bits per heavy atom. The number of carbonyl (C=O) groups excluding carboxylic acids is 2. The zero-order chi connectivity index (χ0) is 14.5. The van der Waals surface area contributed by atoms with Crippen molar-refractivity contribution in [2.75, 3.05) is 32.8 Å². The van der Waals surface area contributed by atoms with Gasteiger partial charge in [0.2, 0.25) is 0 Å². The third-order valence-corrected chi connectivity index (χ3v) is 3.20. The van der Waals surface area contributed by atoms with Gasteiger partial charge in [-0.3, -0.25) is 4.79 Å². The molecule has 0 spiro atoms. The topological polar surface area (TPSA) is 62.7 Å². The molecule has 0 atom stereocenters. The van der Waals surface area contributed by atoms with Crippen molar-refractivity contribution >= 4 is 12.0 Å². The second-order valence-electron chi connectivity index (χ2n) is 4.64. The molecule has 1 aliphatic heterocycles. The van der Waals surface area contributed by atoms with E-state index in [9.17, 15) is 9.59 Å². The van der Waals surface area contributed by atoms with Crippen molar-refractivity contribution in [1.82, 2.24) is 14.8 Å². The van der Waals surface area contributed by atoms with Gasteiger partial charge in [0.25, 0.3) is 5.91 Å². The van der Waals surface area contributed by atoms with E-state index in [1.54, 1.807) is 22.8 Å². The largest absolute Gasteiger partial charge is 0.450 e. The lowest BCUT2D eigenvalue weighted by Crippen LogP contribution is -2.50. The molecule has 0 radical (unpaired) electrons. The summed E-state index contributed by atoms with van der Waals surface area (Å²) in [5, 5.41) is 0. The molecule has 2 rings (SSSR count). The number of rotatable bonds is 2. The molecule has 1 aromatic rings. The molecule has 0 N–H and O–H groups in total. The van der Waals surface area contributed by atoms with Crippen molar-refractivity contribution in [1.29, 1.82) is 0 Å². The lowest BCUT2D eigenvalue weighted by Gasteiger charge is -2.33. The highest BCUT2D eigenvalue weighted by molar-refractivity contribution is 5.92. The number of nitrogens with zero attached hydrogens (tertiary/aromatic N) is 3. The Morgan fingerprint density at radius 2 is 1.85 bits per heavy atom. The summed E-state index contributed by atoms with van der Waals surface area (Å²) in [4.78, 5) is 31.4. The van der Waals surface area contributed by atoms with Crippen LogP contribution in [-0.4, -0.2) is 59.6 Å². The van der Waals surface area contributed by atoms with Crippen LogP contribution in [0, 0.1) is 6.92 Å². The van der Waals surface area contributed by atoms with Crippen LogP contribution in [0.15, 0.2) is 18.2 Å². The highest BCUT2D eigenvalue weighted by Crippen LogP contribution is 2.08. The van der Waals surface area contributed by atoms with E-state index in [4.69, 9.17) is 4.74 Å². The van der Waals surface area contributed by atoms with E-state index in [2.05, 4.69) is 4.98 Å². The van der Waals surface area contributed by atoms with Crippen LogP contribution < -0.4 is 0 Å². The Morgan fingerprint density at radius 1 is 1.20 bits per heavy atom. The zero-order valence-corrected chi connectivity index (χ0v) is 11.8. The lowest BCUT2D eigenvalue weighted by molar-refractivity contribution is 0.0566. The SMILES string of the molecule is CCOC(=O)N1CCN(C(=O)c2cccc(C)n2)CC1. The minimum Gasteiger partial charge on any atom is -0.450 e. The summed E-state index contributed by atoms with van der Waals surface area (Å²) in [6.45, 7) is 6.01. The van der Waals surface area contributed by atoms with E-state index >= 15 is 0 Å². The number of pyridine rings is 1. The first-order valence-corrected chi connectivity index (χ1v) is 6.76. The quantitative estimate of drug-likeness (QED) is 0.817. The Labute approximate surface area is 118 Å². The number of hydrogen-bond acceptors (Lipinski definition) is 4. The molecule has 6 nitrogen and oxygen atoms in total. The molecule has 0 unspecified atom stereocenters. The van der Waals surface area contributed by atoms with Crippen LogP contribution in [0.25, 0.3) is 0 Å². The average Bonchev–Trinajstić information content (AvgIpc) is 2.47. The second kappa shape index (κ2) is 6.36. The summed E-state index contributed by atoms with van der Waals surface area (Å²) in [7, 11) is 0. The number of aromatic nitrogens is 1. The number of piperazine rings is 1. The monoisotopic (exact) mass is 277 g/mol. The van der Waals surface area contributed by atoms with E-state index in [1.165, 1.54) is 0 Å². The summed E-state index contributed by atoms with van der Waals surface area (Å²) < 4.78 is 4.95. The van der Waals surface area contributed by atoms with Crippen LogP contribution in [0.3, 0.4) is 0 Å². The molecule has 2 amide bonds. The Bertz CT molecular complexity index is 496. The van der Waals surface area contributed by atoms with Crippen LogP contribution in [0.4, 0.5) is 4.79 Å². The van der Waals surface area contributed by atoms with Gasteiger partial charge in [-0.2, -0.15) is 0 Å². The first-order valence-electron chi connectivity index (χ1n) is 6.76. The fourth-order valence-corrected chi connectivity index (χ4v) is 2.13. The Hall–Kier alpha value is -2.11. The molecular formula is C14H19N3O3. The van der Waals surface area contributed by atoms with Crippen LogP contribution in [-0.2, 0) is 4.74 Å². The van der Waals surface area contributed by atoms with Gasteiger partial charge in [-0.25, -0.2) is 9.78 Å². The summed E-state index contributed by atoms with van der Waals surface area (Å²) in [5.74, 6) is -0.0859. The third-order valence-electron chi connectivity index (χ3n) is 3.20. The van der Waals surface area contributed by atoms with Gasteiger partial charge >= 0.3 is 6.09 Å². The molecule has 2 heterocycles. The molecule has 0 aromatic carbocycles. The fourth-order valence-electron chi connectivity index (χ4n) is 2.13. The summed E-state index contributed by atoms with van der Waals surface area (Å²) in [6, 6.07) is 5.40. The van der Waals surface area contributed by atoms with E-state index in [0.29, 0.717) is 38.5 Å². The van der Waals surface area contributed by atoms with Crippen LogP contribution >= 0.6 is 0 Å². The molecule has 108 valence electrons. The number of aryl methyl sites for hydroxylation is 1. The van der Waals surface area contributed by atoms with Gasteiger partial charge in [0.1, 0.15) is 5.69 Å². The number of hydrogen-bond donors (Lipinski definition) is 0. The first-order chi connectivity index (χ1) is 9.61. The van der Waals surface area contributed by atoms with E-state index in [-0.39, 0.29) is 12.0 Å². The van der Waals surface area contributed by atoms with Crippen LogP contribution in [0.5, 0.6) is 0 Å². The van der Waals surface area contributed by atoms with Gasteiger partial charge in [-0.05, 0) is 26.0 Å². The molecule has 1 aromatic heterocycles. The molecule has 0 saturated carbocycles. The standard InChI is InChI=1S/C14H19N3O3/c1-3-20-14(19)17-9-7-16(8-10-17)13(18)12-6-4-5-11(2)15-12/h4-6H,3,7-10H2,1-2H3. The minimum atomic E-state index is -0.312. The molecule has 1 fully saturated rings. The third kappa shape index (κ3) is 3.26. The summed E-state index contributed by atoms with van der Waals surface area (Å²) in [6.07, 6.45) is -0.312. The van der Waals surface area contributed by atoms with Crippen molar-refractivity contribution in [3.05, 3.63) is 29.6 Å². The van der Waals surface area contributed by atoms with Crippen LogP contribution in [0.2, 0.25) is 0 Å². The normalized spacial score (nSPS) is 15.1. The molecular weight excluding hydrogens is 258 g/mol. The van der Waals surface area contributed by atoms with E-state index < -0.39 is 0 Å². The van der Waals surface area contributed by atoms with Crippen molar-refractivity contribution < 1.29 is 14.3 Å². The van der Waals surface area contributed by atoms with E-state index in [0.717, 1.165) is 5.69 Å². The molecule has 0 bridgehead atoms. The smallest absolute Gasteiger partial charge is 0.409 e. The Kier molecular flexibility index (Phi) is 4.55. The highest BCUT2D eigenvalue weighted by Gasteiger charge is 2.25. The number of ether oxygens (including phenoxy) is 1. The van der Waals surface area contributed by atoms with Gasteiger partial charge in [0.15, 0.2) is 0 Å². The van der Waals surface area contributed by atoms with Crippen LogP contribution in [0.1, 0.15) is 23.1 Å². The van der Waals surface area contributed by atoms with Gasteiger partial charge in [0.05, 0.1) is 6.61 Å². The van der Waals surface area contributed by atoms with E-state index in [1.807, 2.05) is 19.1 Å². The van der Waals surface area contributed by atoms with Crippen molar-refractivity contribution in [3.63, 3.8) is 0 Å². The first kappa shape index (κ1) is 14.3. The van der Waals surface area contributed by atoms with Gasteiger partial charge in [0, 0.05) is 31.9 Å². The van der Waals surface area contributed by atoms with Gasteiger partial charge in [-0.15, -0.1) is 0 Å². The summed E-state index contributed by atoms with van der Waals surface area (Å²) in [5.41, 5.74) is 1.27. The second-order valence-corrected chi connectivity index (χ2v) is 4.64. The predicted octanol–water partition coefficient (Wildman–Crippen LogP) is 1.30. The number of carbonyl (C=O) groups is 2. The van der Waals surface area contributed by atoms with Gasteiger partial charge in [-0.1, -0.05) is 6.07 Å². The Balaban J connectivity index is 1.93. The highest BCUT2D eigenvalue weighted by atomic mass is 16.6. The van der Waals surface area contributed by atoms with Gasteiger partial charge < -0.3 is 14.5 Å². The number of amides is 2. The molecule has 20 heavy (non-hydrogen) atoms. The van der Waals surface area contributed by atoms with Crippen molar-refractivity contribution in [2.45, 2.75) is 13.8 Å². The zero-order valence-electron chi connectivity index (χ0n) is 11.8. The lowest BCUT2D eigenvalue weighted by atomic mass is 10.2. The molecule has 6 heteroatoms. The maximum absolute atomic E-state index is 12.3. The predicted molar refractivity (Wildman–Crippen MR) is 73.5 cm³/mol. The molecule has 0 aliphatic carbocycles. The molecule has 1 saturated heterocycles.